The molecule has 0 aliphatic heterocycles. The van der Waals surface area contributed by atoms with Crippen molar-refractivity contribution < 1.29 is 0 Å². The van der Waals surface area contributed by atoms with E-state index in [1.807, 2.05) is 6.92 Å². The Balaban J connectivity index is 2.94. The van der Waals surface area contributed by atoms with Gasteiger partial charge in [0, 0.05) is 4.88 Å². The van der Waals surface area contributed by atoms with Crippen LogP contribution in [-0.2, 0) is 0 Å². The van der Waals surface area contributed by atoms with Gasteiger partial charge in [0.1, 0.15) is 0 Å². The van der Waals surface area contributed by atoms with E-state index in [0.29, 0.717) is 0 Å². The molecule has 1 rings (SSSR count). The lowest BCUT2D eigenvalue weighted by atomic mass is 9.85. The highest BCUT2D eigenvalue weighted by Gasteiger charge is 2.28. The van der Waals surface area contributed by atoms with Crippen LogP contribution in [-0.4, -0.2) is 0 Å². The average molecular weight is 251 g/mol. The monoisotopic (exact) mass is 250 g/mol. The van der Waals surface area contributed by atoms with Crippen LogP contribution >= 0.6 is 34.5 Å². The van der Waals surface area contributed by atoms with Gasteiger partial charge in [-0.15, -0.1) is 22.9 Å². The fraction of sp³-hybridized carbons (Fsp3) is 0.636. The molecule has 0 aromatic carbocycles. The standard InChI is InChI=1S/C11H16Cl2S/c1-5-11(3,4)9(12)8-6-7(2)10(13)14-8/h6,9H,5H2,1-4H3. The SMILES string of the molecule is CCC(C)(C)C(Cl)c1cc(C)c(Cl)s1. The highest BCUT2D eigenvalue weighted by Crippen LogP contribution is 2.45. The maximum absolute atomic E-state index is 6.44. The predicted molar refractivity (Wildman–Crippen MR) is 66.7 cm³/mol. The molecule has 0 fully saturated rings. The van der Waals surface area contributed by atoms with Crippen molar-refractivity contribution in [3.63, 3.8) is 0 Å². The Morgan fingerprint density at radius 3 is 2.43 bits per heavy atom. The van der Waals surface area contributed by atoms with E-state index in [0.717, 1.165) is 16.3 Å². The van der Waals surface area contributed by atoms with Gasteiger partial charge in [-0.25, -0.2) is 0 Å². The molecule has 0 saturated heterocycles. The van der Waals surface area contributed by atoms with Crippen molar-refractivity contribution in [2.24, 2.45) is 5.41 Å². The van der Waals surface area contributed by atoms with Crippen molar-refractivity contribution in [1.29, 1.82) is 0 Å². The Labute approximate surface area is 100 Å². The van der Waals surface area contributed by atoms with Gasteiger partial charge in [-0.3, -0.25) is 0 Å². The van der Waals surface area contributed by atoms with Crippen molar-refractivity contribution in [2.45, 2.75) is 39.5 Å². The van der Waals surface area contributed by atoms with Gasteiger partial charge in [0.05, 0.1) is 9.71 Å². The number of hydrogen-bond donors (Lipinski definition) is 0. The minimum Gasteiger partial charge on any atom is -0.127 e. The molecule has 0 amide bonds. The minimum atomic E-state index is 0.0590. The lowest BCUT2D eigenvalue weighted by Gasteiger charge is -2.27. The number of alkyl halides is 1. The second kappa shape index (κ2) is 4.42. The van der Waals surface area contributed by atoms with Gasteiger partial charge in [-0.2, -0.15) is 0 Å². The van der Waals surface area contributed by atoms with Crippen LogP contribution in [0.4, 0.5) is 0 Å². The van der Waals surface area contributed by atoms with Crippen LogP contribution in [0.1, 0.15) is 43.0 Å². The molecule has 1 unspecified atom stereocenters. The van der Waals surface area contributed by atoms with Crippen LogP contribution in [0, 0.1) is 12.3 Å². The number of thiophene rings is 1. The first kappa shape index (κ1) is 12.4. The topological polar surface area (TPSA) is 0 Å². The summed E-state index contributed by atoms with van der Waals surface area (Å²) in [6.07, 6.45) is 1.07. The molecular weight excluding hydrogens is 235 g/mol. The Bertz CT molecular complexity index is 296. The smallest absolute Gasteiger partial charge is 0.0960 e. The largest absolute Gasteiger partial charge is 0.127 e. The van der Waals surface area contributed by atoms with Gasteiger partial charge in [0.2, 0.25) is 0 Å². The van der Waals surface area contributed by atoms with Crippen LogP contribution in [0.15, 0.2) is 6.07 Å². The average Bonchev–Trinajstić information content (AvgIpc) is 2.45. The van der Waals surface area contributed by atoms with Crippen molar-refractivity contribution in [3.05, 3.63) is 20.8 Å². The molecule has 0 nitrogen and oxygen atoms in total. The van der Waals surface area contributed by atoms with Gasteiger partial charge in [0.15, 0.2) is 0 Å². The van der Waals surface area contributed by atoms with E-state index >= 15 is 0 Å². The quantitative estimate of drug-likeness (QED) is 0.628. The highest BCUT2D eigenvalue weighted by molar-refractivity contribution is 7.16. The van der Waals surface area contributed by atoms with Crippen molar-refractivity contribution >= 4 is 34.5 Å². The molecule has 1 heterocycles. The highest BCUT2D eigenvalue weighted by atomic mass is 35.5. The summed E-state index contributed by atoms with van der Waals surface area (Å²) in [5, 5.41) is 0.0590. The summed E-state index contributed by atoms with van der Waals surface area (Å²) >= 11 is 14.1. The van der Waals surface area contributed by atoms with E-state index in [2.05, 4.69) is 26.8 Å². The first-order valence-corrected chi connectivity index (χ1v) is 6.41. The zero-order valence-electron chi connectivity index (χ0n) is 9.03. The van der Waals surface area contributed by atoms with Crippen molar-refractivity contribution in [2.75, 3.05) is 0 Å². The van der Waals surface area contributed by atoms with Crippen LogP contribution < -0.4 is 0 Å². The molecule has 1 atom stereocenters. The minimum absolute atomic E-state index is 0.0590. The molecule has 0 spiro atoms. The Morgan fingerprint density at radius 1 is 1.50 bits per heavy atom. The van der Waals surface area contributed by atoms with Gasteiger partial charge in [-0.1, -0.05) is 32.4 Å². The van der Waals surface area contributed by atoms with E-state index in [1.165, 1.54) is 4.88 Å². The molecule has 0 aliphatic rings. The van der Waals surface area contributed by atoms with Crippen LogP contribution in [0.25, 0.3) is 0 Å². The summed E-state index contributed by atoms with van der Waals surface area (Å²) in [6.45, 7) is 8.56. The molecule has 0 bridgehead atoms. The van der Waals surface area contributed by atoms with E-state index in [9.17, 15) is 0 Å². The first-order chi connectivity index (χ1) is 6.38. The zero-order valence-corrected chi connectivity index (χ0v) is 11.4. The van der Waals surface area contributed by atoms with E-state index in [1.54, 1.807) is 11.3 Å². The fourth-order valence-electron chi connectivity index (χ4n) is 1.17. The number of aryl methyl sites for hydroxylation is 1. The summed E-state index contributed by atoms with van der Waals surface area (Å²) in [5.74, 6) is 0. The summed E-state index contributed by atoms with van der Waals surface area (Å²) in [5.41, 5.74) is 1.26. The van der Waals surface area contributed by atoms with E-state index in [-0.39, 0.29) is 10.8 Å². The molecule has 0 radical (unpaired) electrons. The fourth-order valence-corrected chi connectivity index (χ4v) is 2.93. The van der Waals surface area contributed by atoms with Crippen LogP contribution in [0.2, 0.25) is 4.34 Å². The molecule has 0 N–H and O–H groups in total. The summed E-state index contributed by atoms with van der Waals surface area (Å²) in [6, 6.07) is 2.10. The molecule has 1 aromatic rings. The third-order valence-corrected chi connectivity index (χ3v) is 5.30. The summed E-state index contributed by atoms with van der Waals surface area (Å²) in [4.78, 5) is 1.18. The van der Waals surface area contributed by atoms with Gasteiger partial charge in [-0.05, 0) is 30.4 Å². The van der Waals surface area contributed by atoms with Gasteiger partial charge in [0.25, 0.3) is 0 Å². The second-order valence-corrected chi connectivity index (χ2v) is 6.43. The molecule has 80 valence electrons. The Kier molecular flexibility index (Phi) is 3.90. The number of hydrogen-bond acceptors (Lipinski definition) is 1. The normalized spacial score (nSPS) is 14.4. The molecule has 3 heteroatoms. The van der Waals surface area contributed by atoms with Crippen LogP contribution in [0.5, 0.6) is 0 Å². The van der Waals surface area contributed by atoms with E-state index in [4.69, 9.17) is 23.2 Å². The number of halogens is 2. The predicted octanol–water partition coefficient (Wildman–Crippen LogP) is 5.43. The third kappa shape index (κ3) is 2.44. The lowest BCUT2D eigenvalue weighted by Crippen LogP contribution is -2.15. The number of rotatable bonds is 3. The maximum Gasteiger partial charge on any atom is 0.0960 e. The second-order valence-electron chi connectivity index (χ2n) is 4.31. The third-order valence-electron chi connectivity index (χ3n) is 2.72. The molecular formula is C11H16Cl2S. The maximum atomic E-state index is 6.44. The molecule has 0 aliphatic carbocycles. The lowest BCUT2D eigenvalue weighted by molar-refractivity contribution is 0.339. The molecule has 14 heavy (non-hydrogen) atoms. The van der Waals surface area contributed by atoms with Crippen LogP contribution in [0.3, 0.4) is 0 Å². The zero-order chi connectivity index (χ0) is 10.9. The summed E-state index contributed by atoms with van der Waals surface area (Å²) in [7, 11) is 0. The van der Waals surface area contributed by atoms with Gasteiger partial charge < -0.3 is 0 Å². The van der Waals surface area contributed by atoms with Gasteiger partial charge >= 0.3 is 0 Å². The Morgan fingerprint density at radius 2 is 2.07 bits per heavy atom. The summed E-state index contributed by atoms with van der Waals surface area (Å²) < 4.78 is 0.859. The molecule has 1 aromatic heterocycles. The van der Waals surface area contributed by atoms with Crippen molar-refractivity contribution in [1.82, 2.24) is 0 Å². The molecule has 0 saturated carbocycles. The van der Waals surface area contributed by atoms with E-state index < -0.39 is 0 Å². The Hall–Kier alpha value is 0.280. The van der Waals surface area contributed by atoms with Crippen molar-refractivity contribution in [3.8, 4) is 0 Å². The first-order valence-electron chi connectivity index (χ1n) is 4.78.